The number of piperidine rings is 1. The van der Waals surface area contributed by atoms with Crippen molar-refractivity contribution >= 4 is 38.4 Å². The number of aromatic nitrogens is 5. The fourth-order valence-corrected chi connectivity index (χ4v) is 7.81. The molecular weight excluding hydrogens is 569 g/mol. The summed E-state index contributed by atoms with van der Waals surface area (Å²) in [5.74, 6) is 0.809. The number of likely N-dealkylation sites (tertiary alicyclic amines) is 1. The fraction of sp³-hybridized carbons (Fsp3) is 0.486. The number of anilines is 1. The van der Waals surface area contributed by atoms with E-state index in [4.69, 9.17) is 19.7 Å². The van der Waals surface area contributed by atoms with Gasteiger partial charge in [-0.3, -0.25) is 10.1 Å². The Balaban J connectivity index is 1.18. The van der Waals surface area contributed by atoms with Crippen molar-refractivity contribution < 1.29 is 14.2 Å². The second-order valence-electron chi connectivity index (χ2n) is 13.5. The van der Waals surface area contributed by atoms with Gasteiger partial charge in [0.1, 0.15) is 12.0 Å². The summed E-state index contributed by atoms with van der Waals surface area (Å²) in [7, 11) is 0. The number of aliphatic hydroxyl groups is 1. The van der Waals surface area contributed by atoms with Crippen molar-refractivity contribution in [1.29, 1.82) is 0 Å². The van der Waals surface area contributed by atoms with Crippen LogP contribution in [0.5, 0.6) is 6.01 Å². The summed E-state index contributed by atoms with van der Waals surface area (Å²) in [5, 5.41) is 22.8. The Kier molecular flexibility index (Phi) is 7.09. The highest BCUT2D eigenvalue weighted by atomic mass is 19.1. The minimum Gasteiger partial charge on any atom is -0.463 e. The van der Waals surface area contributed by atoms with Gasteiger partial charge >= 0.3 is 6.01 Å². The van der Waals surface area contributed by atoms with E-state index in [0.717, 1.165) is 102 Å². The Morgan fingerprint density at radius 3 is 2.89 bits per heavy atom. The number of alkyl halides is 1. The van der Waals surface area contributed by atoms with E-state index in [0.29, 0.717) is 32.1 Å². The zero-order valence-electron chi connectivity index (χ0n) is 26.0. The quantitative estimate of drug-likeness (QED) is 0.203. The van der Waals surface area contributed by atoms with Gasteiger partial charge in [-0.1, -0.05) is 25.1 Å². The lowest BCUT2D eigenvalue weighted by atomic mass is 9.78. The number of halogens is 1. The van der Waals surface area contributed by atoms with Crippen LogP contribution in [-0.2, 0) is 0 Å². The van der Waals surface area contributed by atoms with E-state index < -0.39 is 11.8 Å². The molecule has 5 heterocycles. The van der Waals surface area contributed by atoms with Gasteiger partial charge in [0.05, 0.1) is 40.5 Å². The largest absolute Gasteiger partial charge is 0.463 e. The lowest BCUT2D eigenvalue weighted by molar-refractivity contribution is 0.0447. The van der Waals surface area contributed by atoms with Crippen molar-refractivity contribution in [3.63, 3.8) is 0 Å². The van der Waals surface area contributed by atoms with Crippen LogP contribution in [-0.4, -0.2) is 86.3 Å². The average molecular weight is 610 g/mol. The molecule has 0 saturated carbocycles. The van der Waals surface area contributed by atoms with Gasteiger partial charge in [-0.05, 0) is 74.4 Å². The van der Waals surface area contributed by atoms with Crippen LogP contribution in [0.4, 0.5) is 10.2 Å². The van der Waals surface area contributed by atoms with E-state index in [-0.39, 0.29) is 5.92 Å². The van der Waals surface area contributed by atoms with E-state index in [1.807, 2.05) is 19.3 Å². The van der Waals surface area contributed by atoms with Crippen LogP contribution in [0.15, 0.2) is 36.7 Å². The average Bonchev–Trinajstić information content (AvgIpc) is 3.67. The van der Waals surface area contributed by atoms with E-state index in [1.54, 1.807) is 0 Å². The topological polar surface area (TPSA) is 103 Å². The molecule has 2 saturated heterocycles. The number of fused-ring (bicyclic) bond motifs is 6. The first kappa shape index (κ1) is 28.6. The van der Waals surface area contributed by atoms with Gasteiger partial charge in [0, 0.05) is 54.8 Å². The number of hydrogen-bond acceptors (Lipinski definition) is 8. The van der Waals surface area contributed by atoms with Crippen molar-refractivity contribution in [2.45, 2.75) is 70.1 Å². The predicted molar refractivity (Wildman–Crippen MR) is 175 cm³/mol. The van der Waals surface area contributed by atoms with Crippen LogP contribution in [0.25, 0.3) is 43.8 Å². The van der Waals surface area contributed by atoms with Crippen LogP contribution in [0, 0.1) is 0 Å². The minimum atomic E-state index is -0.801. The van der Waals surface area contributed by atoms with E-state index in [2.05, 4.69) is 51.2 Å². The highest BCUT2D eigenvalue weighted by Crippen LogP contribution is 2.49. The second-order valence-corrected chi connectivity index (χ2v) is 13.5. The number of nitrogens with zero attached hydrogens (tertiary/aromatic N) is 6. The molecule has 1 aliphatic carbocycles. The van der Waals surface area contributed by atoms with Crippen LogP contribution >= 0.6 is 0 Å². The molecule has 10 heteroatoms. The molecule has 0 radical (unpaired) electrons. The number of hydrogen-bond donors (Lipinski definition) is 2. The summed E-state index contributed by atoms with van der Waals surface area (Å²) in [6.45, 7) is 8.27. The number of β-amino-alcohol motifs (C(OH)–C–C–N with tert-alkyl or cyclic N) is 1. The Labute approximate surface area is 261 Å². The molecule has 9 nitrogen and oxygen atoms in total. The van der Waals surface area contributed by atoms with Crippen molar-refractivity contribution in [2.24, 2.45) is 0 Å². The predicted octanol–water partition coefficient (Wildman–Crippen LogP) is 6.13. The van der Waals surface area contributed by atoms with Gasteiger partial charge in [-0.15, -0.1) is 0 Å². The molecule has 2 N–H and O–H groups in total. The highest BCUT2D eigenvalue weighted by Gasteiger charge is 2.34. The fourth-order valence-electron chi connectivity index (χ4n) is 7.81. The molecule has 2 aliphatic heterocycles. The molecule has 0 amide bonds. The first-order valence-corrected chi connectivity index (χ1v) is 16.4. The Morgan fingerprint density at radius 1 is 1.13 bits per heavy atom. The minimum absolute atomic E-state index is 0.0475. The number of ether oxygens (including phenoxy) is 1. The van der Waals surface area contributed by atoms with Gasteiger partial charge in [0.15, 0.2) is 0 Å². The van der Waals surface area contributed by atoms with Crippen molar-refractivity contribution in [3.05, 3.63) is 47.8 Å². The third kappa shape index (κ3) is 5.08. The molecule has 8 rings (SSSR count). The standard InChI is InChI=1S/C35H40FN7O2/c1-21-24-9-6-8-22-16-27-25(18-38-41-27)30(29(22)24)32-28(21)31-26(17-37-32)33(43-13-7-11-35(2,44)20-43)40-34(39-31)45-15-5-3-4-12-42-14-10-23(36)19-42/h6,8-9,16-18,21,23,44H,3-5,7,10-15,19-20H2,1-2H3,(H,38,41)/t21?,23-,35-/m1/s1. The zero-order chi connectivity index (χ0) is 30.7. The van der Waals surface area contributed by atoms with Crippen LogP contribution < -0.4 is 9.64 Å². The van der Waals surface area contributed by atoms with E-state index >= 15 is 0 Å². The van der Waals surface area contributed by atoms with Crippen molar-refractivity contribution in [1.82, 2.24) is 30.0 Å². The number of H-pyrrole nitrogens is 1. The van der Waals surface area contributed by atoms with Crippen molar-refractivity contribution in [3.8, 4) is 17.3 Å². The number of nitrogens with one attached hydrogen (secondary N) is 1. The summed E-state index contributed by atoms with van der Waals surface area (Å²) in [5.41, 5.74) is 5.34. The number of rotatable bonds is 8. The molecule has 234 valence electrons. The normalized spacial score (nSPS) is 23.3. The maximum absolute atomic E-state index is 13.5. The molecule has 2 aromatic carbocycles. The first-order chi connectivity index (χ1) is 21.9. The third-order valence-corrected chi connectivity index (χ3v) is 10.0. The molecule has 5 aromatic rings. The number of benzene rings is 2. The van der Waals surface area contributed by atoms with Gasteiger partial charge in [-0.2, -0.15) is 15.1 Å². The molecule has 3 aliphatic rings. The molecule has 2 fully saturated rings. The zero-order valence-corrected chi connectivity index (χ0v) is 26.0. The SMILES string of the molecule is CC1c2c(ncc3c(N4CCC[C@@](C)(O)C4)nc(OCCCCCN4CC[C@@H](F)C4)nc23)-c2c3cn[nH]c3cc3cccc1c23. The number of aromatic amines is 1. The van der Waals surface area contributed by atoms with Gasteiger partial charge in [0.2, 0.25) is 0 Å². The second kappa shape index (κ2) is 11.2. The van der Waals surface area contributed by atoms with Crippen LogP contribution in [0.1, 0.15) is 69.4 Å². The maximum Gasteiger partial charge on any atom is 0.318 e. The van der Waals surface area contributed by atoms with Crippen LogP contribution in [0.3, 0.4) is 0 Å². The summed E-state index contributed by atoms with van der Waals surface area (Å²) in [4.78, 5) is 19.6. The molecule has 3 aromatic heterocycles. The van der Waals surface area contributed by atoms with Gasteiger partial charge in [0.25, 0.3) is 0 Å². The lowest BCUT2D eigenvalue weighted by Crippen LogP contribution is -2.46. The lowest BCUT2D eigenvalue weighted by Gasteiger charge is -2.38. The monoisotopic (exact) mass is 609 g/mol. The van der Waals surface area contributed by atoms with Gasteiger partial charge in [-0.25, -0.2) is 4.39 Å². The molecule has 1 unspecified atom stereocenters. The first-order valence-electron chi connectivity index (χ1n) is 16.4. The molecule has 45 heavy (non-hydrogen) atoms. The summed E-state index contributed by atoms with van der Waals surface area (Å²) in [6, 6.07) is 9.00. The molecule has 0 spiro atoms. The Morgan fingerprint density at radius 2 is 2.04 bits per heavy atom. The van der Waals surface area contributed by atoms with E-state index in [9.17, 15) is 9.50 Å². The van der Waals surface area contributed by atoms with Crippen LogP contribution in [0.2, 0.25) is 0 Å². The summed E-state index contributed by atoms with van der Waals surface area (Å²) in [6.07, 6.45) is 8.30. The summed E-state index contributed by atoms with van der Waals surface area (Å²) < 4.78 is 19.8. The third-order valence-electron chi connectivity index (χ3n) is 10.0. The number of unbranched alkanes of at least 4 members (excludes halogenated alkanes) is 2. The Bertz CT molecular complexity index is 1910. The number of pyridine rings is 1. The molecular formula is C35H40FN7O2. The Hall–Kier alpha value is -3.89. The summed E-state index contributed by atoms with van der Waals surface area (Å²) >= 11 is 0. The molecule has 3 atom stereocenters. The maximum atomic E-state index is 13.5. The van der Waals surface area contributed by atoms with Gasteiger partial charge < -0.3 is 19.6 Å². The smallest absolute Gasteiger partial charge is 0.318 e. The highest BCUT2D eigenvalue weighted by molar-refractivity contribution is 6.15. The molecule has 0 bridgehead atoms. The van der Waals surface area contributed by atoms with E-state index in [1.165, 1.54) is 10.9 Å². The van der Waals surface area contributed by atoms with Crippen molar-refractivity contribution in [2.75, 3.05) is 44.2 Å².